The highest BCUT2D eigenvalue weighted by molar-refractivity contribution is 7.89. The first-order valence-electron chi connectivity index (χ1n) is 6.01. The van der Waals surface area contributed by atoms with E-state index in [4.69, 9.17) is 4.74 Å². The Balaban J connectivity index is 2.29. The Morgan fingerprint density at radius 1 is 1.61 bits per heavy atom. The standard InChI is InChI=1S/C11H19N3O3S/c1-4-18(15,16)14-5-6-17-11(3,8-14)10-9(2)7-12-13-10/h7H,4-6,8H2,1-3H3,(H,12,13)/t11-/m1/s1. The lowest BCUT2D eigenvalue weighted by Gasteiger charge is -2.39. The first-order valence-corrected chi connectivity index (χ1v) is 7.62. The van der Waals surface area contributed by atoms with Crippen molar-refractivity contribution in [2.24, 2.45) is 0 Å². The van der Waals surface area contributed by atoms with Gasteiger partial charge in [-0.05, 0) is 26.3 Å². The Hall–Kier alpha value is -0.920. The number of nitrogens with one attached hydrogen (secondary N) is 1. The normalized spacial score (nSPS) is 26.4. The van der Waals surface area contributed by atoms with Crippen LogP contribution in [0, 0.1) is 6.92 Å². The predicted octanol–water partition coefficient (Wildman–Crippen LogP) is 0.615. The molecule has 1 aromatic heterocycles. The van der Waals surface area contributed by atoms with Gasteiger partial charge >= 0.3 is 0 Å². The highest BCUT2D eigenvalue weighted by Gasteiger charge is 2.39. The zero-order chi connectivity index (χ0) is 13.4. The molecule has 0 unspecified atom stereocenters. The number of morpholine rings is 1. The van der Waals surface area contributed by atoms with Gasteiger partial charge in [-0.3, -0.25) is 5.10 Å². The molecule has 0 bridgehead atoms. The number of aromatic amines is 1. The number of rotatable bonds is 3. The molecule has 1 N–H and O–H groups in total. The van der Waals surface area contributed by atoms with Crippen LogP contribution in [0.3, 0.4) is 0 Å². The van der Waals surface area contributed by atoms with Crippen LogP contribution in [0.25, 0.3) is 0 Å². The van der Waals surface area contributed by atoms with E-state index < -0.39 is 15.6 Å². The molecule has 2 heterocycles. The average Bonchev–Trinajstić information content (AvgIpc) is 2.76. The summed E-state index contributed by atoms with van der Waals surface area (Å²) in [6.45, 7) is 6.62. The van der Waals surface area contributed by atoms with E-state index >= 15 is 0 Å². The molecule has 0 spiro atoms. The topological polar surface area (TPSA) is 75.3 Å². The van der Waals surface area contributed by atoms with Crippen LogP contribution in [0.4, 0.5) is 0 Å². The summed E-state index contributed by atoms with van der Waals surface area (Å²) in [5.41, 5.74) is 1.17. The van der Waals surface area contributed by atoms with Crippen LogP contribution in [0.1, 0.15) is 25.1 Å². The third-order valence-electron chi connectivity index (χ3n) is 3.36. The summed E-state index contributed by atoms with van der Waals surface area (Å²) >= 11 is 0. The molecule has 102 valence electrons. The third-order valence-corrected chi connectivity index (χ3v) is 5.18. The summed E-state index contributed by atoms with van der Waals surface area (Å²) < 4.78 is 31.2. The zero-order valence-corrected chi connectivity index (χ0v) is 11.7. The van der Waals surface area contributed by atoms with E-state index in [0.29, 0.717) is 19.7 Å². The molecular weight excluding hydrogens is 254 g/mol. The maximum atomic E-state index is 11.9. The Morgan fingerprint density at radius 3 is 2.89 bits per heavy atom. The SMILES string of the molecule is CCS(=O)(=O)N1CCO[C@@](C)(c2[nH]ncc2C)C1. The number of sulfonamides is 1. The third kappa shape index (κ3) is 2.30. The summed E-state index contributed by atoms with van der Waals surface area (Å²) in [5.74, 6) is 0.116. The van der Waals surface area contributed by atoms with Gasteiger partial charge in [0, 0.05) is 13.1 Å². The van der Waals surface area contributed by atoms with E-state index in [2.05, 4.69) is 10.2 Å². The van der Waals surface area contributed by atoms with Crippen LogP contribution in [0.15, 0.2) is 6.20 Å². The molecule has 18 heavy (non-hydrogen) atoms. The van der Waals surface area contributed by atoms with Gasteiger partial charge in [0.05, 0.1) is 24.3 Å². The molecule has 2 rings (SSSR count). The highest BCUT2D eigenvalue weighted by Crippen LogP contribution is 2.31. The molecule has 1 fully saturated rings. The van der Waals surface area contributed by atoms with Gasteiger partial charge in [-0.15, -0.1) is 0 Å². The summed E-state index contributed by atoms with van der Waals surface area (Å²) in [6, 6.07) is 0. The molecule has 1 aliphatic heterocycles. The van der Waals surface area contributed by atoms with Crippen LogP contribution in [0.2, 0.25) is 0 Å². The van der Waals surface area contributed by atoms with Gasteiger partial charge in [0.15, 0.2) is 0 Å². The van der Waals surface area contributed by atoms with Crippen molar-refractivity contribution >= 4 is 10.0 Å². The van der Waals surface area contributed by atoms with Crippen LogP contribution in [-0.4, -0.2) is 48.4 Å². The van der Waals surface area contributed by atoms with Crippen molar-refractivity contribution in [1.82, 2.24) is 14.5 Å². The fraction of sp³-hybridized carbons (Fsp3) is 0.727. The molecule has 0 radical (unpaired) electrons. The second-order valence-corrected chi connectivity index (χ2v) is 7.00. The van der Waals surface area contributed by atoms with E-state index in [1.165, 1.54) is 4.31 Å². The maximum absolute atomic E-state index is 11.9. The molecule has 0 aromatic carbocycles. The van der Waals surface area contributed by atoms with E-state index in [0.717, 1.165) is 11.3 Å². The molecule has 0 saturated carbocycles. The minimum atomic E-state index is -3.18. The monoisotopic (exact) mass is 273 g/mol. The Morgan fingerprint density at radius 2 is 2.33 bits per heavy atom. The second kappa shape index (κ2) is 4.64. The lowest BCUT2D eigenvalue weighted by molar-refractivity contribution is -0.0849. The van der Waals surface area contributed by atoms with Crippen molar-refractivity contribution < 1.29 is 13.2 Å². The molecule has 0 amide bonds. The second-order valence-electron chi connectivity index (χ2n) is 4.74. The van der Waals surface area contributed by atoms with E-state index in [9.17, 15) is 8.42 Å². The van der Waals surface area contributed by atoms with Crippen molar-refractivity contribution in [2.45, 2.75) is 26.4 Å². The van der Waals surface area contributed by atoms with Crippen molar-refractivity contribution in [3.8, 4) is 0 Å². The predicted molar refractivity (Wildman–Crippen MR) is 67.7 cm³/mol. The minimum absolute atomic E-state index is 0.116. The van der Waals surface area contributed by atoms with E-state index in [1.54, 1.807) is 13.1 Å². The number of nitrogens with zero attached hydrogens (tertiary/aromatic N) is 2. The van der Waals surface area contributed by atoms with Gasteiger partial charge in [-0.25, -0.2) is 8.42 Å². The van der Waals surface area contributed by atoms with Crippen molar-refractivity contribution in [3.63, 3.8) is 0 Å². The number of H-pyrrole nitrogens is 1. The molecule has 1 atom stereocenters. The number of hydrogen-bond donors (Lipinski definition) is 1. The summed E-state index contributed by atoms with van der Waals surface area (Å²) in [5, 5.41) is 6.89. The van der Waals surface area contributed by atoms with Crippen LogP contribution >= 0.6 is 0 Å². The summed E-state index contributed by atoms with van der Waals surface area (Å²) in [4.78, 5) is 0. The van der Waals surface area contributed by atoms with Gasteiger partial charge in [-0.2, -0.15) is 9.40 Å². The Kier molecular flexibility index (Phi) is 3.48. The molecule has 6 nitrogen and oxygen atoms in total. The fourth-order valence-electron chi connectivity index (χ4n) is 2.29. The van der Waals surface area contributed by atoms with Gasteiger partial charge in [0.2, 0.25) is 10.0 Å². The summed E-state index contributed by atoms with van der Waals surface area (Å²) in [7, 11) is -3.18. The first kappa shape index (κ1) is 13.5. The van der Waals surface area contributed by atoms with Gasteiger partial charge < -0.3 is 4.74 Å². The number of aromatic nitrogens is 2. The fourth-order valence-corrected chi connectivity index (χ4v) is 3.45. The van der Waals surface area contributed by atoms with Crippen molar-refractivity contribution in [3.05, 3.63) is 17.5 Å². The highest BCUT2D eigenvalue weighted by atomic mass is 32.2. The lowest BCUT2D eigenvalue weighted by atomic mass is 9.98. The van der Waals surface area contributed by atoms with Crippen molar-refractivity contribution in [1.29, 1.82) is 0 Å². The lowest BCUT2D eigenvalue weighted by Crippen LogP contribution is -2.51. The van der Waals surface area contributed by atoms with E-state index in [1.807, 2.05) is 13.8 Å². The maximum Gasteiger partial charge on any atom is 0.214 e. The van der Waals surface area contributed by atoms with Crippen molar-refractivity contribution in [2.75, 3.05) is 25.4 Å². The quantitative estimate of drug-likeness (QED) is 0.876. The molecule has 0 aliphatic carbocycles. The van der Waals surface area contributed by atoms with Crippen LogP contribution < -0.4 is 0 Å². The van der Waals surface area contributed by atoms with E-state index in [-0.39, 0.29) is 5.75 Å². The smallest absolute Gasteiger partial charge is 0.214 e. The largest absolute Gasteiger partial charge is 0.366 e. The first-order chi connectivity index (χ1) is 8.39. The minimum Gasteiger partial charge on any atom is -0.366 e. The Labute approximate surface area is 107 Å². The van der Waals surface area contributed by atoms with Gasteiger partial charge in [0.25, 0.3) is 0 Å². The number of aryl methyl sites for hydroxylation is 1. The molecule has 7 heteroatoms. The molecule has 1 saturated heterocycles. The van der Waals surface area contributed by atoms with Crippen LogP contribution in [0.5, 0.6) is 0 Å². The molecule has 1 aliphatic rings. The number of ether oxygens (including phenoxy) is 1. The van der Waals surface area contributed by atoms with Gasteiger partial charge in [-0.1, -0.05) is 0 Å². The number of hydrogen-bond acceptors (Lipinski definition) is 4. The molecule has 1 aromatic rings. The molecular formula is C11H19N3O3S. The van der Waals surface area contributed by atoms with Crippen LogP contribution in [-0.2, 0) is 20.4 Å². The summed E-state index contributed by atoms with van der Waals surface area (Å²) in [6.07, 6.45) is 1.72. The zero-order valence-electron chi connectivity index (χ0n) is 10.9. The van der Waals surface area contributed by atoms with Gasteiger partial charge in [0.1, 0.15) is 5.60 Å². The average molecular weight is 273 g/mol. The Bertz CT molecular complexity index is 525.